The lowest BCUT2D eigenvalue weighted by Crippen LogP contribution is -2.30. The van der Waals surface area contributed by atoms with E-state index in [0.29, 0.717) is 39.6 Å². The monoisotopic (exact) mass is 685 g/mol. The van der Waals surface area contributed by atoms with Crippen molar-refractivity contribution in [1.82, 2.24) is 5.32 Å². The number of nitrogens with one attached hydrogen (secondary N) is 3. The maximum atomic E-state index is 13.8. The largest absolute Gasteiger partial charge is 0.497 e. The third kappa shape index (κ3) is 9.27. The Labute approximate surface area is 294 Å². The van der Waals surface area contributed by atoms with Crippen LogP contribution in [0.3, 0.4) is 0 Å². The third-order valence-electron chi connectivity index (χ3n) is 7.51. The van der Waals surface area contributed by atoms with Gasteiger partial charge in [-0.2, -0.15) is 0 Å². The van der Waals surface area contributed by atoms with Gasteiger partial charge in [0.2, 0.25) is 5.91 Å². The van der Waals surface area contributed by atoms with E-state index < -0.39 is 17.1 Å². The second kappa shape index (κ2) is 16.8. The second-order valence-corrected chi connectivity index (χ2v) is 12.2. The molecular weight excluding hydrogens is 651 g/mol. The zero-order chi connectivity index (χ0) is 35.5. The van der Waals surface area contributed by atoms with E-state index in [1.165, 1.54) is 31.9 Å². The van der Waals surface area contributed by atoms with Gasteiger partial charge in [0.15, 0.2) is 5.78 Å². The molecule has 0 aliphatic rings. The molecule has 0 heterocycles. The molecule has 0 radical (unpaired) electrons. The van der Waals surface area contributed by atoms with E-state index in [1.54, 1.807) is 98.1 Å². The highest BCUT2D eigenvalue weighted by atomic mass is 32.2. The van der Waals surface area contributed by atoms with Crippen molar-refractivity contribution in [3.05, 3.63) is 155 Å². The van der Waals surface area contributed by atoms with Crippen molar-refractivity contribution >= 4 is 52.7 Å². The van der Waals surface area contributed by atoms with Crippen LogP contribution in [0.15, 0.2) is 138 Å². The van der Waals surface area contributed by atoms with Crippen molar-refractivity contribution in [3.8, 4) is 11.5 Å². The van der Waals surface area contributed by atoms with Gasteiger partial charge in [-0.25, -0.2) is 0 Å². The molecule has 1 atom stereocenters. The van der Waals surface area contributed by atoms with Crippen molar-refractivity contribution in [1.29, 1.82) is 0 Å². The van der Waals surface area contributed by atoms with E-state index in [9.17, 15) is 19.2 Å². The second-order valence-electron chi connectivity index (χ2n) is 11.0. The van der Waals surface area contributed by atoms with Crippen LogP contribution < -0.4 is 25.4 Å². The number of hydrogen-bond donors (Lipinski definition) is 3. The van der Waals surface area contributed by atoms with Crippen LogP contribution in [0.25, 0.3) is 6.08 Å². The minimum atomic E-state index is -0.641. The SMILES string of the molecule is COc1ccc(/C=C(/NC(=O)c2ccccc2)C(=O)Nc2cccc(SC(C(=O)Nc3ccc(C(C)=O)cc3)c3ccccc3)c2)c(OC)c1. The summed E-state index contributed by atoms with van der Waals surface area (Å²) in [4.78, 5) is 53.0. The molecule has 5 rings (SSSR count). The molecule has 3 amide bonds. The Kier molecular flexibility index (Phi) is 11.8. The Morgan fingerprint density at radius 2 is 1.38 bits per heavy atom. The summed E-state index contributed by atoms with van der Waals surface area (Å²) in [7, 11) is 3.05. The molecule has 0 aliphatic heterocycles. The first-order valence-corrected chi connectivity index (χ1v) is 16.5. The topological polar surface area (TPSA) is 123 Å². The molecule has 3 N–H and O–H groups in total. The number of amides is 3. The third-order valence-corrected chi connectivity index (χ3v) is 8.76. The number of ketones is 1. The predicted octanol–water partition coefficient (Wildman–Crippen LogP) is 7.79. The molecule has 0 spiro atoms. The molecule has 0 saturated heterocycles. The average molecular weight is 686 g/mol. The Morgan fingerprint density at radius 1 is 0.680 bits per heavy atom. The molecule has 252 valence electrons. The Balaban J connectivity index is 1.40. The maximum Gasteiger partial charge on any atom is 0.272 e. The maximum absolute atomic E-state index is 13.8. The van der Waals surface area contributed by atoms with Crippen LogP contribution in [0.4, 0.5) is 11.4 Å². The van der Waals surface area contributed by atoms with Gasteiger partial charge in [-0.3, -0.25) is 19.2 Å². The standard InChI is InChI=1S/C40H35N3O6S/c1-26(44)27-17-20-31(21-18-27)41-40(47)37(28-11-6-4-7-12-28)50-34-16-10-15-32(24-34)42-39(46)35(43-38(45)29-13-8-5-9-14-29)23-30-19-22-33(48-2)25-36(30)49-3/h4-25,37H,1-3H3,(H,41,47)(H,42,46)(H,43,45)/b35-23+. The molecule has 5 aromatic carbocycles. The van der Waals surface area contributed by atoms with E-state index in [2.05, 4.69) is 16.0 Å². The van der Waals surface area contributed by atoms with Crippen LogP contribution in [0, 0.1) is 0 Å². The molecule has 0 saturated carbocycles. The van der Waals surface area contributed by atoms with Crippen LogP contribution >= 0.6 is 11.8 Å². The molecule has 0 aliphatic carbocycles. The van der Waals surface area contributed by atoms with Gasteiger partial charge in [0, 0.05) is 39.0 Å². The first-order chi connectivity index (χ1) is 24.2. The van der Waals surface area contributed by atoms with Gasteiger partial charge in [0.25, 0.3) is 11.8 Å². The number of thioether (sulfide) groups is 1. The van der Waals surface area contributed by atoms with Crippen LogP contribution in [0.2, 0.25) is 0 Å². The summed E-state index contributed by atoms with van der Waals surface area (Å²) in [5, 5.41) is 7.94. The van der Waals surface area contributed by atoms with Gasteiger partial charge >= 0.3 is 0 Å². The highest BCUT2D eigenvalue weighted by Gasteiger charge is 2.23. The number of rotatable bonds is 13. The molecular formula is C40H35N3O6S. The lowest BCUT2D eigenvalue weighted by Gasteiger charge is -2.18. The number of anilines is 2. The predicted molar refractivity (Wildman–Crippen MR) is 197 cm³/mol. The van der Waals surface area contributed by atoms with Crippen molar-refractivity contribution in [2.75, 3.05) is 24.9 Å². The molecule has 0 bridgehead atoms. The fraction of sp³-hybridized carbons (Fsp3) is 0.100. The number of Topliss-reactive ketones (excluding diaryl/α,β-unsaturated/α-hetero) is 1. The number of methoxy groups -OCH3 is 2. The molecule has 1 unspecified atom stereocenters. The van der Waals surface area contributed by atoms with E-state index in [1.807, 2.05) is 36.4 Å². The minimum Gasteiger partial charge on any atom is -0.497 e. The number of benzene rings is 5. The quantitative estimate of drug-likeness (QED) is 0.0657. The summed E-state index contributed by atoms with van der Waals surface area (Å²) >= 11 is 1.32. The van der Waals surface area contributed by atoms with Gasteiger partial charge in [0.1, 0.15) is 22.4 Å². The Bertz CT molecular complexity index is 2010. The van der Waals surface area contributed by atoms with Gasteiger partial charge in [-0.1, -0.05) is 54.6 Å². The summed E-state index contributed by atoms with van der Waals surface area (Å²) in [5.41, 5.74) is 3.26. The van der Waals surface area contributed by atoms with Crippen LogP contribution in [0.5, 0.6) is 11.5 Å². The van der Waals surface area contributed by atoms with Crippen molar-refractivity contribution in [2.45, 2.75) is 17.1 Å². The van der Waals surface area contributed by atoms with Crippen molar-refractivity contribution in [3.63, 3.8) is 0 Å². The lowest BCUT2D eigenvalue weighted by atomic mass is 10.1. The number of ether oxygens (including phenoxy) is 2. The van der Waals surface area contributed by atoms with E-state index >= 15 is 0 Å². The van der Waals surface area contributed by atoms with Crippen molar-refractivity contribution < 1.29 is 28.7 Å². The zero-order valence-electron chi connectivity index (χ0n) is 27.6. The molecule has 0 aromatic heterocycles. The molecule has 0 fully saturated rings. The van der Waals surface area contributed by atoms with E-state index in [0.717, 1.165) is 10.5 Å². The van der Waals surface area contributed by atoms with Crippen LogP contribution in [-0.4, -0.2) is 37.7 Å². The molecule has 10 heteroatoms. The van der Waals surface area contributed by atoms with Crippen LogP contribution in [0.1, 0.15) is 44.0 Å². The smallest absolute Gasteiger partial charge is 0.272 e. The highest BCUT2D eigenvalue weighted by Crippen LogP contribution is 2.37. The zero-order valence-corrected chi connectivity index (χ0v) is 28.5. The number of carbonyl (C=O) groups is 4. The molecule has 50 heavy (non-hydrogen) atoms. The number of hydrogen-bond acceptors (Lipinski definition) is 7. The summed E-state index contributed by atoms with van der Waals surface area (Å²) in [6.45, 7) is 1.49. The first-order valence-electron chi connectivity index (χ1n) is 15.6. The minimum absolute atomic E-state index is 0.0160. The van der Waals surface area contributed by atoms with Gasteiger partial charge in [-0.05, 0) is 85.3 Å². The normalized spacial score (nSPS) is 11.5. The van der Waals surface area contributed by atoms with Crippen molar-refractivity contribution in [2.24, 2.45) is 0 Å². The van der Waals surface area contributed by atoms with Crippen LogP contribution in [-0.2, 0) is 9.59 Å². The average Bonchev–Trinajstić information content (AvgIpc) is 3.14. The van der Waals surface area contributed by atoms with Gasteiger partial charge < -0.3 is 25.4 Å². The molecule has 5 aromatic rings. The summed E-state index contributed by atoms with van der Waals surface area (Å²) in [6, 6.07) is 36.9. The lowest BCUT2D eigenvalue weighted by molar-refractivity contribution is -0.116. The number of carbonyl (C=O) groups excluding carboxylic acids is 4. The van der Waals surface area contributed by atoms with Gasteiger partial charge in [0.05, 0.1) is 14.2 Å². The van der Waals surface area contributed by atoms with E-state index in [-0.39, 0.29) is 17.4 Å². The molecule has 9 nitrogen and oxygen atoms in total. The highest BCUT2D eigenvalue weighted by molar-refractivity contribution is 8.00. The van der Waals surface area contributed by atoms with E-state index in [4.69, 9.17) is 9.47 Å². The van der Waals surface area contributed by atoms with Gasteiger partial charge in [-0.15, -0.1) is 11.8 Å². The fourth-order valence-electron chi connectivity index (χ4n) is 4.91. The fourth-order valence-corrected chi connectivity index (χ4v) is 6.00. The summed E-state index contributed by atoms with van der Waals surface area (Å²) in [5.74, 6) is -0.331. The summed E-state index contributed by atoms with van der Waals surface area (Å²) < 4.78 is 10.8. The first kappa shape index (κ1) is 35.2. The summed E-state index contributed by atoms with van der Waals surface area (Å²) in [6.07, 6.45) is 1.53. The Morgan fingerprint density at radius 3 is 2.04 bits per heavy atom. The Hall–Kier alpha value is -6.13.